The molecule has 0 atom stereocenters. The number of hydrogen-bond acceptors (Lipinski definition) is 2. The Kier molecular flexibility index (Phi) is 7.97. The van der Waals surface area contributed by atoms with Gasteiger partial charge < -0.3 is 5.32 Å². The summed E-state index contributed by atoms with van der Waals surface area (Å²) < 4.78 is 0. The molecule has 112 valence electrons. The van der Waals surface area contributed by atoms with Crippen LogP contribution in [0.2, 0.25) is 0 Å². The minimum absolute atomic E-state index is 0.157. The van der Waals surface area contributed by atoms with E-state index in [1.165, 1.54) is 11.1 Å². The molecule has 20 heavy (non-hydrogen) atoms. The van der Waals surface area contributed by atoms with Gasteiger partial charge in [-0.15, -0.1) is 0 Å². The smallest absolute Gasteiger partial charge is 0.220 e. The number of hydrogen-bond donors (Lipinski definition) is 1. The van der Waals surface area contributed by atoms with Gasteiger partial charge in [0.1, 0.15) is 0 Å². The number of unbranched alkanes of at least 4 members (excludes halogenated alkanes) is 1. The van der Waals surface area contributed by atoms with Crippen molar-refractivity contribution in [2.24, 2.45) is 0 Å². The van der Waals surface area contributed by atoms with E-state index in [-0.39, 0.29) is 5.91 Å². The highest BCUT2D eigenvalue weighted by atomic mass is 16.1. The van der Waals surface area contributed by atoms with Crippen molar-refractivity contribution in [1.29, 1.82) is 0 Å². The van der Waals surface area contributed by atoms with Crippen LogP contribution in [0.15, 0.2) is 24.3 Å². The highest BCUT2D eigenvalue weighted by Crippen LogP contribution is 2.11. The number of carbonyl (C=O) groups is 1. The predicted molar refractivity (Wildman–Crippen MR) is 84.4 cm³/mol. The van der Waals surface area contributed by atoms with Gasteiger partial charge in [-0.3, -0.25) is 9.69 Å². The molecule has 0 aliphatic heterocycles. The lowest BCUT2D eigenvalue weighted by Gasteiger charge is -2.20. The van der Waals surface area contributed by atoms with Crippen molar-refractivity contribution in [2.45, 2.75) is 53.1 Å². The molecule has 0 spiro atoms. The molecule has 0 unspecified atom stereocenters. The molecule has 3 heteroatoms. The van der Waals surface area contributed by atoms with Crippen molar-refractivity contribution in [3.8, 4) is 0 Å². The zero-order valence-corrected chi connectivity index (χ0v) is 13.1. The highest BCUT2D eigenvalue weighted by Gasteiger charge is 2.07. The van der Waals surface area contributed by atoms with Gasteiger partial charge in [-0.2, -0.15) is 0 Å². The van der Waals surface area contributed by atoms with Crippen LogP contribution in [0.4, 0.5) is 0 Å². The summed E-state index contributed by atoms with van der Waals surface area (Å²) in [7, 11) is 0. The Morgan fingerprint density at radius 2 is 1.75 bits per heavy atom. The first-order chi connectivity index (χ1) is 9.71. The molecule has 1 N–H and O–H groups in total. The molecule has 0 bridgehead atoms. The molecule has 3 nitrogen and oxygen atoms in total. The fraction of sp³-hybridized carbons (Fsp3) is 0.588. The SMILES string of the molecule is CCCCC(=O)NCc1ccccc1CN(CC)CC. The van der Waals surface area contributed by atoms with Gasteiger partial charge in [-0.1, -0.05) is 51.5 Å². The standard InChI is InChI=1S/C17H28N2O/c1-4-7-12-17(20)18-13-15-10-8-9-11-16(15)14-19(5-2)6-3/h8-11H,4-7,12-14H2,1-3H3,(H,18,20). The summed E-state index contributed by atoms with van der Waals surface area (Å²) in [6.07, 6.45) is 2.66. The predicted octanol–water partition coefficient (Wildman–Crippen LogP) is 3.33. The molecule has 0 aliphatic carbocycles. The Bertz CT molecular complexity index is 400. The van der Waals surface area contributed by atoms with Gasteiger partial charge in [0.25, 0.3) is 0 Å². The number of nitrogens with zero attached hydrogens (tertiary/aromatic N) is 1. The fourth-order valence-corrected chi connectivity index (χ4v) is 2.19. The van der Waals surface area contributed by atoms with Crippen molar-refractivity contribution < 1.29 is 4.79 Å². The van der Waals surface area contributed by atoms with E-state index in [9.17, 15) is 4.79 Å². The molecule has 0 fully saturated rings. The number of benzene rings is 1. The van der Waals surface area contributed by atoms with Crippen molar-refractivity contribution >= 4 is 5.91 Å². The Labute approximate surface area is 123 Å². The van der Waals surface area contributed by atoms with Crippen LogP contribution in [0, 0.1) is 0 Å². The zero-order chi connectivity index (χ0) is 14.8. The topological polar surface area (TPSA) is 32.3 Å². The third kappa shape index (κ3) is 5.74. The van der Waals surface area contributed by atoms with Crippen LogP contribution in [0.1, 0.15) is 51.2 Å². The maximum Gasteiger partial charge on any atom is 0.220 e. The van der Waals surface area contributed by atoms with E-state index < -0.39 is 0 Å². The van der Waals surface area contributed by atoms with Gasteiger partial charge in [0.2, 0.25) is 5.91 Å². The molecular weight excluding hydrogens is 248 g/mol. The van der Waals surface area contributed by atoms with Crippen LogP contribution in [0.5, 0.6) is 0 Å². The van der Waals surface area contributed by atoms with Gasteiger partial charge in [0.05, 0.1) is 0 Å². The van der Waals surface area contributed by atoms with Crippen molar-refractivity contribution in [2.75, 3.05) is 13.1 Å². The Hall–Kier alpha value is -1.35. The monoisotopic (exact) mass is 276 g/mol. The molecule has 0 heterocycles. The number of rotatable bonds is 9. The van der Waals surface area contributed by atoms with Gasteiger partial charge in [-0.25, -0.2) is 0 Å². The van der Waals surface area contributed by atoms with E-state index in [4.69, 9.17) is 0 Å². The van der Waals surface area contributed by atoms with E-state index in [0.29, 0.717) is 13.0 Å². The number of carbonyl (C=O) groups excluding carboxylic acids is 1. The third-order valence-corrected chi connectivity index (χ3v) is 3.64. The summed E-state index contributed by atoms with van der Waals surface area (Å²) >= 11 is 0. The van der Waals surface area contributed by atoms with E-state index in [2.05, 4.69) is 49.2 Å². The summed E-state index contributed by atoms with van der Waals surface area (Å²) in [5.41, 5.74) is 2.54. The lowest BCUT2D eigenvalue weighted by atomic mass is 10.1. The maximum absolute atomic E-state index is 11.7. The summed E-state index contributed by atoms with van der Waals surface area (Å²) in [5, 5.41) is 3.03. The van der Waals surface area contributed by atoms with Crippen molar-refractivity contribution in [1.82, 2.24) is 10.2 Å². The Morgan fingerprint density at radius 3 is 2.35 bits per heavy atom. The molecule has 0 saturated carbocycles. The van der Waals surface area contributed by atoms with Gasteiger partial charge in [0, 0.05) is 19.5 Å². The first-order valence-electron chi connectivity index (χ1n) is 7.77. The van der Waals surface area contributed by atoms with Crippen LogP contribution in [-0.2, 0) is 17.9 Å². The lowest BCUT2D eigenvalue weighted by Crippen LogP contribution is -2.25. The first-order valence-corrected chi connectivity index (χ1v) is 7.77. The molecule has 1 amide bonds. The molecular formula is C17H28N2O. The summed E-state index contributed by atoms with van der Waals surface area (Å²) in [5.74, 6) is 0.157. The van der Waals surface area contributed by atoms with Crippen molar-refractivity contribution in [3.05, 3.63) is 35.4 Å². The van der Waals surface area contributed by atoms with Gasteiger partial charge in [-0.05, 0) is 30.6 Å². The van der Waals surface area contributed by atoms with Gasteiger partial charge in [0.15, 0.2) is 0 Å². The minimum Gasteiger partial charge on any atom is -0.352 e. The van der Waals surface area contributed by atoms with E-state index in [1.807, 2.05) is 6.07 Å². The molecule has 1 aromatic carbocycles. The van der Waals surface area contributed by atoms with Crippen LogP contribution in [-0.4, -0.2) is 23.9 Å². The largest absolute Gasteiger partial charge is 0.352 e. The average Bonchev–Trinajstić information content (AvgIpc) is 2.49. The number of nitrogens with one attached hydrogen (secondary N) is 1. The van der Waals surface area contributed by atoms with E-state index in [0.717, 1.165) is 32.5 Å². The second-order valence-corrected chi connectivity index (χ2v) is 5.11. The van der Waals surface area contributed by atoms with E-state index in [1.54, 1.807) is 0 Å². The molecule has 1 aromatic rings. The second kappa shape index (κ2) is 9.54. The third-order valence-electron chi connectivity index (χ3n) is 3.64. The minimum atomic E-state index is 0.157. The highest BCUT2D eigenvalue weighted by molar-refractivity contribution is 5.75. The second-order valence-electron chi connectivity index (χ2n) is 5.11. The van der Waals surface area contributed by atoms with Crippen LogP contribution in [0.3, 0.4) is 0 Å². The fourth-order valence-electron chi connectivity index (χ4n) is 2.19. The maximum atomic E-state index is 11.7. The zero-order valence-electron chi connectivity index (χ0n) is 13.1. The summed E-state index contributed by atoms with van der Waals surface area (Å²) in [6, 6.07) is 8.38. The quantitative estimate of drug-likeness (QED) is 0.750. The molecule has 0 aromatic heterocycles. The average molecular weight is 276 g/mol. The lowest BCUT2D eigenvalue weighted by molar-refractivity contribution is -0.121. The van der Waals surface area contributed by atoms with Crippen molar-refractivity contribution in [3.63, 3.8) is 0 Å². The van der Waals surface area contributed by atoms with Gasteiger partial charge >= 0.3 is 0 Å². The normalized spacial score (nSPS) is 10.8. The first kappa shape index (κ1) is 16.7. The Balaban J connectivity index is 2.59. The van der Waals surface area contributed by atoms with Crippen LogP contribution >= 0.6 is 0 Å². The number of amides is 1. The molecule has 0 saturated heterocycles. The molecule has 1 rings (SSSR count). The van der Waals surface area contributed by atoms with Crippen LogP contribution < -0.4 is 5.32 Å². The van der Waals surface area contributed by atoms with Crippen LogP contribution in [0.25, 0.3) is 0 Å². The Morgan fingerprint density at radius 1 is 1.10 bits per heavy atom. The molecule has 0 radical (unpaired) electrons. The molecule has 0 aliphatic rings. The summed E-state index contributed by atoms with van der Waals surface area (Å²) in [4.78, 5) is 14.1. The summed E-state index contributed by atoms with van der Waals surface area (Å²) in [6.45, 7) is 10.2. The van der Waals surface area contributed by atoms with E-state index >= 15 is 0 Å².